The number of amides is 5. The van der Waals surface area contributed by atoms with Crippen LogP contribution in [-0.2, 0) is 23.8 Å². The second kappa shape index (κ2) is 14.5. The molecule has 12 heteroatoms. The lowest BCUT2D eigenvalue weighted by Crippen LogP contribution is -2.34. The van der Waals surface area contributed by atoms with Crippen molar-refractivity contribution in [2.24, 2.45) is 0 Å². The van der Waals surface area contributed by atoms with Crippen LogP contribution in [0, 0.1) is 12.3 Å². The van der Waals surface area contributed by atoms with Gasteiger partial charge in [0.25, 0.3) is 23.6 Å². The van der Waals surface area contributed by atoms with E-state index >= 15 is 0 Å². The van der Waals surface area contributed by atoms with Crippen molar-refractivity contribution in [2.75, 3.05) is 51.0 Å². The predicted octanol–water partition coefficient (Wildman–Crippen LogP) is 0.767. The minimum atomic E-state index is -0.584. The Hall–Kier alpha value is -4.21. The molecule has 0 aromatic heterocycles. The minimum absolute atomic E-state index is 0.0327. The average Bonchev–Trinajstić information content (AvgIpc) is 3.19. The fraction of sp³-hybridized carbons (Fsp3) is 0.423. The number of hydrogen-bond acceptors (Lipinski definition) is 8. The van der Waals surface area contributed by atoms with Gasteiger partial charge in [0.2, 0.25) is 0 Å². The summed E-state index contributed by atoms with van der Waals surface area (Å²) in [4.78, 5) is 61.7. The molecule has 1 heterocycles. The van der Waals surface area contributed by atoms with Crippen LogP contribution in [0.3, 0.4) is 0 Å². The highest BCUT2D eigenvalue weighted by molar-refractivity contribution is 6.28. The second-order valence-corrected chi connectivity index (χ2v) is 8.91. The first-order valence-electron chi connectivity index (χ1n) is 11.9. The van der Waals surface area contributed by atoms with Gasteiger partial charge < -0.3 is 30.2 Å². The van der Waals surface area contributed by atoms with E-state index in [2.05, 4.69) is 21.9 Å². The average molecular weight is 529 g/mol. The molecule has 0 atom stereocenters. The maximum absolute atomic E-state index is 12.7. The topological polar surface area (TPSA) is 152 Å². The highest BCUT2D eigenvalue weighted by Gasteiger charge is 2.27. The lowest BCUT2D eigenvalue weighted by atomic mass is 10.1. The van der Waals surface area contributed by atoms with Crippen molar-refractivity contribution < 1.29 is 38.2 Å². The van der Waals surface area contributed by atoms with Crippen molar-refractivity contribution in [3.63, 3.8) is 0 Å². The number of imide groups is 1. The number of ether oxygens (including phenoxy) is 3. The van der Waals surface area contributed by atoms with Crippen molar-refractivity contribution in [2.45, 2.75) is 26.4 Å². The van der Waals surface area contributed by atoms with Gasteiger partial charge in [-0.1, -0.05) is 5.92 Å². The van der Waals surface area contributed by atoms with Crippen LogP contribution < -0.4 is 20.9 Å². The molecular weight excluding hydrogens is 496 g/mol. The first-order valence-corrected chi connectivity index (χ1v) is 11.9. The molecule has 3 N–H and O–H groups in total. The summed E-state index contributed by atoms with van der Waals surface area (Å²) in [6.45, 7) is 6.76. The molecule has 204 valence electrons. The van der Waals surface area contributed by atoms with Gasteiger partial charge in [-0.3, -0.25) is 19.2 Å². The minimum Gasteiger partial charge on any atom is -0.444 e. The highest BCUT2D eigenvalue weighted by Crippen LogP contribution is 2.23. The smallest absolute Gasteiger partial charge is 0.407 e. The Labute approximate surface area is 221 Å². The molecule has 38 heavy (non-hydrogen) atoms. The van der Waals surface area contributed by atoms with E-state index in [-0.39, 0.29) is 62.9 Å². The van der Waals surface area contributed by atoms with Gasteiger partial charge in [-0.05, 0) is 39.0 Å². The normalized spacial score (nSPS) is 12.7. The number of nitrogens with zero attached hydrogens (tertiary/aromatic N) is 1. The Balaban J connectivity index is 1.79. The molecule has 0 saturated heterocycles. The van der Waals surface area contributed by atoms with Crippen LogP contribution in [0.4, 0.5) is 10.5 Å². The summed E-state index contributed by atoms with van der Waals surface area (Å²) < 4.78 is 15.9. The predicted molar refractivity (Wildman–Crippen MR) is 137 cm³/mol. The van der Waals surface area contributed by atoms with Gasteiger partial charge in [0, 0.05) is 36.4 Å². The van der Waals surface area contributed by atoms with Crippen LogP contribution in [0.2, 0.25) is 0 Å². The molecule has 0 saturated carbocycles. The van der Waals surface area contributed by atoms with Gasteiger partial charge in [0.1, 0.15) is 5.60 Å². The van der Waals surface area contributed by atoms with E-state index in [4.69, 9.17) is 20.6 Å². The zero-order chi connectivity index (χ0) is 28.1. The summed E-state index contributed by atoms with van der Waals surface area (Å²) in [6.07, 6.45) is 6.86. The summed E-state index contributed by atoms with van der Waals surface area (Å²) in [5.74, 6) is 0.0174. The lowest BCUT2D eigenvalue weighted by Gasteiger charge is -2.19. The summed E-state index contributed by atoms with van der Waals surface area (Å²) in [7, 11) is 0. The quantitative estimate of drug-likeness (QED) is 0.193. The summed E-state index contributed by atoms with van der Waals surface area (Å²) in [5.41, 5.74) is -0.357. The Bertz CT molecular complexity index is 1100. The third-order valence-electron chi connectivity index (χ3n) is 4.68. The van der Waals surface area contributed by atoms with Crippen molar-refractivity contribution in [1.82, 2.24) is 16.0 Å². The van der Waals surface area contributed by atoms with Gasteiger partial charge in [0.05, 0.1) is 38.7 Å². The molecule has 0 unspecified atom stereocenters. The van der Waals surface area contributed by atoms with E-state index in [0.29, 0.717) is 0 Å². The van der Waals surface area contributed by atoms with Gasteiger partial charge in [-0.25, -0.2) is 9.69 Å². The van der Waals surface area contributed by atoms with E-state index in [1.807, 2.05) is 0 Å². The molecule has 0 aliphatic carbocycles. The number of carbonyl (C=O) groups is 5. The molecule has 2 rings (SSSR count). The van der Waals surface area contributed by atoms with Crippen molar-refractivity contribution in [1.29, 1.82) is 0 Å². The molecule has 1 aromatic rings. The van der Waals surface area contributed by atoms with Crippen LogP contribution in [0.25, 0.3) is 0 Å². The number of carbonyl (C=O) groups excluding carboxylic acids is 5. The number of nitrogens with one attached hydrogen (secondary N) is 3. The van der Waals surface area contributed by atoms with Crippen molar-refractivity contribution in [3.8, 4) is 12.3 Å². The van der Waals surface area contributed by atoms with E-state index in [1.54, 1.807) is 20.8 Å². The Morgan fingerprint density at radius 3 is 1.89 bits per heavy atom. The molecular formula is C26H32N4O8. The van der Waals surface area contributed by atoms with Crippen LogP contribution in [0.5, 0.6) is 0 Å². The highest BCUT2D eigenvalue weighted by atomic mass is 16.6. The third-order valence-corrected chi connectivity index (χ3v) is 4.68. The number of hydrogen-bond donors (Lipinski definition) is 3. The number of anilines is 1. The fourth-order valence-corrected chi connectivity index (χ4v) is 3.09. The number of terminal acetylenes is 1. The SMILES string of the molecule is C#CCNC(=O)c1cc(C(=O)NCCOCCOCCNC(=O)OC(C)(C)C)cc(N2C(=O)C=CC2=O)c1. The molecule has 5 amide bonds. The van der Waals surface area contributed by atoms with E-state index in [9.17, 15) is 24.0 Å². The van der Waals surface area contributed by atoms with Gasteiger partial charge in [0.15, 0.2) is 0 Å². The summed E-state index contributed by atoms with van der Waals surface area (Å²) in [6, 6.07) is 4.01. The van der Waals surface area contributed by atoms with Crippen LogP contribution >= 0.6 is 0 Å². The van der Waals surface area contributed by atoms with E-state index in [0.717, 1.165) is 17.1 Å². The Kier molecular flexibility index (Phi) is 11.5. The Morgan fingerprint density at radius 2 is 1.37 bits per heavy atom. The third kappa shape index (κ3) is 10.0. The molecule has 1 aliphatic heterocycles. The summed E-state index contributed by atoms with van der Waals surface area (Å²) >= 11 is 0. The molecule has 0 radical (unpaired) electrons. The van der Waals surface area contributed by atoms with Crippen LogP contribution in [0.1, 0.15) is 41.5 Å². The molecule has 0 spiro atoms. The zero-order valence-corrected chi connectivity index (χ0v) is 21.6. The maximum Gasteiger partial charge on any atom is 0.407 e. The maximum atomic E-state index is 12.7. The number of rotatable bonds is 13. The number of alkyl carbamates (subject to hydrolysis) is 1. The van der Waals surface area contributed by atoms with Crippen molar-refractivity contribution >= 4 is 35.4 Å². The second-order valence-electron chi connectivity index (χ2n) is 8.91. The molecule has 1 aromatic carbocycles. The molecule has 12 nitrogen and oxygen atoms in total. The van der Waals surface area contributed by atoms with Gasteiger partial charge in [-0.2, -0.15) is 0 Å². The lowest BCUT2D eigenvalue weighted by molar-refractivity contribution is -0.120. The standard InChI is InChI=1S/C26H32N4O8/c1-5-8-27-23(33)18-15-19(17-20(16-18)30-21(31)6-7-22(30)32)24(34)28-9-11-36-13-14-37-12-10-29-25(35)38-26(2,3)4/h1,6-7,15-17H,8-14H2,2-4H3,(H,27,33)(H,28,34)(H,29,35). The molecule has 0 bridgehead atoms. The van der Waals surface area contributed by atoms with Crippen molar-refractivity contribution in [3.05, 3.63) is 41.5 Å². The van der Waals surface area contributed by atoms with E-state index < -0.39 is 35.3 Å². The molecule has 0 fully saturated rings. The largest absolute Gasteiger partial charge is 0.444 e. The van der Waals surface area contributed by atoms with Crippen LogP contribution in [0.15, 0.2) is 30.4 Å². The van der Waals surface area contributed by atoms with Crippen LogP contribution in [-0.4, -0.2) is 81.4 Å². The fourth-order valence-electron chi connectivity index (χ4n) is 3.09. The van der Waals surface area contributed by atoms with Gasteiger partial charge in [-0.15, -0.1) is 6.42 Å². The van der Waals surface area contributed by atoms with E-state index in [1.165, 1.54) is 18.2 Å². The first kappa shape index (κ1) is 30.0. The first-order chi connectivity index (χ1) is 18.0. The monoisotopic (exact) mass is 528 g/mol. The molecule has 1 aliphatic rings. The summed E-state index contributed by atoms with van der Waals surface area (Å²) in [5, 5.41) is 7.71. The van der Waals surface area contributed by atoms with Gasteiger partial charge >= 0.3 is 6.09 Å². The number of benzene rings is 1. The Morgan fingerprint density at radius 1 is 0.842 bits per heavy atom. The zero-order valence-electron chi connectivity index (χ0n) is 21.6.